The minimum Gasteiger partial charge on any atom is -0.302 e. The summed E-state index contributed by atoms with van der Waals surface area (Å²) < 4.78 is 4.67. The molecule has 0 fully saturated rings. The zero-order valence-corrected chi connectivity index (χ0v) is 29.8. The molecule has 250 valence electrons. The van der Waals surface area contributed by atoms with E-state index in [2.05, 4.69) is 159 Å². The molecule has 0 aliphatic carbocycles. The Balaban J connectivity index is 1.32. The molecule has 0 amide bonds. The summed E-state index contributed by atoms with van der Waals surface area (Å²) >= 11 is 0. The first-order valence-corrected chi connectivity index (χ1v) is 17.3. The Hall–Kier alpha value is -5.57. The monoisotopic (exact) mass is 659 g/mol. The number of fused-ring (bicyclic) bond motifs is 6. The zero-order valence-electron chi connectivity index (χ0n) is 29.8. The second kappa shape index (κ2) is 10.00. The fraction of sp³-hybridized carbons (Fsp3) is 0.293. The van der Waals surface area contributed by atoms with Crippen LogP contribution >= 0.6 is 0 Å². The molecule has 9 heteroatoms. The summed E-state index contributed by atoms with van der Waals surface area (Å²) in [4.78, 5) is 30.8. The van der Waals surface area contributed by atoms with E-state index in [1.54, 1.807) is 0 Å². The van der Waals surface area contributed by atoms with Crippen molar-refractivity contribution in [3.8, 4) is 22.5 Å². The Morgan fingerprint density at radius 1 is 0.400 bits per heavy atom. The Kier molecular flexibility index (Phi) is 6.10. The predicted molar refractivity (Wildman–Crippen MR) is 201 cm³/mol. The number of rotatable bonds is 4. The SMILES string of the molecule is CC1(C)N(c2nc(-c3cccc(-c4ccccc4)c3)nc(N3c4nc5ccccc5n4C(C)(C)C3(C)C)n2)c2nc3ccccc3n2C1(C)C. The van der Waals surface area contributed by atoms with Crippen molar-refractivity contribution in [1.82, 2.24) is 34.1 Å². The van der Waals surface area contributed by atoms with Gasteiger partial charge in [0.05, 0.1) is 44.2 Å². The number of anilines is 4. The molecule has 5 heterocycles. The average molecular weight is 660 g/mol. The van der Waals surface area contributed by atoms with Gasteiger partial charge in [0.25, 0.3) is 0 Å². The summed E-state index contributed by atoms with van der Waals surface area (Å²) in [5.74, 6) is 3.32. The maximum Gasteiger partial charge on any atom is 0.238 e. The summed E-state index contributed by atoms with van der Waals surface area (Å²) in [6.45, 7) is 18.1. The van der Waals surface area contributed by atoms with Crippen LogP contribution in [0.15, 0.2) is 103 Å². The lowest BCUT2D eigenvalue weighted by Crippen LogP contribution is -2.52. The predicted octanol–water partition coefficient (Wildman–Crippen LogP) is 9.24. The first kappa shape index (κ1) is 30.5. The van der Waals surface area contributed by atoms with Crippen molar-refractivity contribution >= 4 is 45.9 Å². The van der Waals surface area contributed by atoms with Crippen LogP contribution < -0.4 is 9.80 Å². The number of hydrogen-bond donors (Lipinski definition) is 0. The third-order valence-electron chi connectivity index (χ3n) is 12.0. The standard InChI is InChI=1S/C41H41N9/c1-38(2)40(5,6)49(36-42-29-21-12-14-23-31(29)47(36)38)34-44-33(28-20-16-19-27(25-28)26-17-10-9-11-18-26)45-35(46-34)50-37-43-30-22-13-15-24-32(30)48(37)39(3,4)41(50,7)8/h9-25H,1-8H3. The molecule has 0 N–H and O–H groups in total. The van der Waals surface area contributed by atoms with Crippen LogP contribution in [0.3, 0.4) is 0 Å². The zero-order chi connectivity index (χ0) is 34.8. The van der Waals surface area contributed by atoms with Crippen LogP contribution in [0.4, 0.5) is 23.8 Å². The highest BCUT2D eigenvalue weighted by Crippen LogP contribution is 2.53. The lowest BCUT2D eigenvalue weighted by Gasteiger charge is -2.42. The normalized spacial score (nSPS) is 18.2. The highest BCUT2D eigenvalue weighted by molar-refractivity contribution is 5.84. The van der Waals surface area contributed by atoms with E-state index in [4.69, 9.17) is 24.9 Å². The molecule has 0 unspecified atom stereocenters. The number of nitrogens with zero attached hydrogens (tertiary/aromatic N) is 9. The molecule has 0 spiro atoms. The Morgan fingerprint density at radius 2 is 0.840 bits per heavy atom. The van der Waals surface area contributed by atoms with Crippen LogP contribution in [-0.4, -0.2) is 45.1 Å². The van der Waals surface area contributed by atoms with Crippen molar-refractivity contribution in [2.45, 2.75) is 77.5 Å². The first-order valence-electron chi connectivity index (χ1n) is 17.3. The van der Waals surface area contributed by atoms with E-state index in [9.17, 15) is 0 Å². The summed E-state index contributed by atoms with van der Waals surface area (Å²) in [5.41, 5.74) is 5.61. The largest absolute Gasteiger partial charge is 0.302 e. The van der Waals surface area contributed by atoms with Gasteiger partial charge in [-0.3, -0.25) is 9.80 Å². The third kappa shape index (κ3) is 3.91. The van der Waals surface area contributed by atoms with Gasteiger partial charge in [0.15, 0.2) is 5.82 Å². The number of hydrogen-bond acceptors (Lipinski definition) is 7. The second-order valence-electron chi connectivity index (χ2n) is 15.6. The lowest BCUT2D eigenvalue weighted by molar-refractivity contribution is 0.249. The quantitative estimate of drug-likeness (QED) is 0.186. The molecular formula is C41H41N9. The molecule has 3 aromatic heterocycles. The van der Waals surface area contributed by atoms with Crippen LogP contribution in [0.5, 0.6) is 0 Å². The van der Waals surface area contributed by atoms with Crippen LogP contribution in [0.1, 0.15) is 55.4 Å². The van der Waals surface area contributed by atoms with Crippen molar-refractivity contribution in [3.05, 3.63) is 103 Å². The number of imidazole rings is 2. The van der Waals surface area contributed by atoms with Crippen molar-refractivity contribution in [3.63, 3.8) is 0 Å². The van der Waals surface area contributed by atoms with Gasteiger partial charge in [-0.25, -0.2) is 9.97 Å². The van der Waals surface area contributed by atoms with Crippen LogP contribution in [0.2, 0.25) is 0 Å². The Morgan fingerprint density at radius 3 is 1.36 bits per heavy atom. The number of para-hydroxylation sites is 4. The fourth-order valence-corrected chi connectivity index (χ4v) is 7.85. The summed E-state index contributed by atoms with van der Waals surface area (Å²) in [5, 5.41) is 0. The van der Waals surface area contributed by atoms with Gasteiger partial charge in [0, 0.05) is 5.56 Å². The summed E-state index contributed by atoms with van der Waals surface area (Å²) in [6, 6.07) is 35.5. The van der Waals surface area contributed by atoms with E-state index in [-0.39, 0.29) is 11.1 Å². The van der Waals surface area contributed by atoms with Gasteiger partial charge >= 0.3 is 0 Å². The van der Waals surface area contributed by atoms with Crippen molar-refractivity contribution in [2.75, 3.05) is 9.80 Å². The van der Waals surface area contributed by atoms with Crippen molar-refractivity contribution in [2.24, 2.45) is 0 Å². The van der Waals surface area contributed by atoms with Crippen molar-refractivity contribution in [1.29, 1.82) is 0 Å². The minimum absolute atomic E-state index is 0.346. The minimum atomic E-state index is -0.450. The van der Waals surface area contributed by atoms with E-state index in [0.717, 1.165) is 50.7 Å². The van der Waals surface area contributed by atoms with Gasteiger partial charge < -0.3 is 9.13 Å². The molecular weight excluding hydrogens is 619 g/mol. The number of aromatic nitrogens is 7. The average Bonchev–Trinajstić information content (AvgIpc) is 3.75. The van der Waals surface area contributed by atoms with E-state index >= 15 is 0 Å². The molecule has 7 aromatic rings. The van der Waals surface area contributed by atoms with Gasteiger partial charge in [-0.15, -0.1) is 0 Å². The molecule has 2 aliphatic rings. The third-order valence-corrected chi connectivity index (χ3v) is 12.0. The molecule has 0 radical (unpaired) electrons. The van der Waals surface area contributed by atoms with E-state index in [1.807, 2.05) is 18.2 Å². The van der Waals surface area contributed by atoms with E-state index in [0.29, 0.717) is 17.7 Å². The molecule has 9 nitrogen and oxygen atoms in total. The molecule has 9 rings (SSSR count). The van der Waals surface area contributed by atoms with Gasteiger partial charge in [0.2, 0.25) is 23.8 Å². The van der Waals surface area contributed by atoms with Gasteiger partial charge in [-0.2, -0.15) is 15.0 Å². The molecule has 0 saturated carbocycles. The smallest absolute Gasteiger partial charge is 0.238 e. The second-order valence-corrected chi connectivity index (χ2v) is 15.6. The van der Waals surface area contributed by atoms with Gasteiger partial charge in [-0.05, 0) is 96.8 Å². The Labute approximate surface area is 292 Å². The van der Waals surface area contributed by atoms with Crippen LogP contribution in [0, 0.1) is 0 Å². The molecule has 0 bridgehead atoms. The highest BCUT2D eigenvalue weighted by Gasteiger charge is 2.56. The van der Waals surface area contributed by atoms with Gasteiger partial charge in [-0.1, -0.05) is 72.8 Å². The maximum absolute atomic E-state index is 5.39. The van der Waals surface area contributed by atoms with E-state index in [1.165, 1.54) is 0 Å². The topological polar surface area (TPSA) is 80.8 Å². The van der Waals surface area contributed by atoms with Gasteiger partial charge in [0.1, 0.15) is 0 Å². The molecule has 0 saturated heterocycles. The maximum atomic E-state index is 5.39. The molecule has 2 aliphatic heterocycles. The summed E-state index contributed by atoms with van der Waals surface area (Å²) in [6.07, 6.45) is 0. The van der Waals surface area contributed by atoms with Crippen molar-refractivity contribution < 1.29 is 0 Å². The molecule has 0 atom stereocenters. The van der Waals surface area contributed by atoms with Crippen LogP contribution in [-0.2, 0) is 11.1 Å². The summed E-state index contributed by atoms with van der Waals surface area (Å²) in [7, 11) is 0. The van der Waals surface area contributed by atoms with Crippen LogP contribution in [0.25, 0.3) is 44.6 Å². The fourth-order valence-electron chi connectivity index (χ4n) is 7.85. The molecule has 4 aromatic carbocycles. The highest BCUT2D eigenvalue weighted by atomic mass is 15.5. The first-order chi connectivity index (χ1) is 23.8. The Bertz CT molecular complexity index is 2340. The lowest BCUT2D eigenvalue weighted by atomic mass is 9.82. The molecule has 50 heavy (non-hydrogen) atoms. The van der Waals surface area contributed by atoms with E-state index < -0.39 is 11.1 Å². The number of benzene rings is 4.